The van der Waals surface area contributed by atoms with E-state index in [-0.39, 0.29) is 6.03 Å². The van der Waals surface area contributed by atoms with Crippen LogP contribution in [-0.4, -0.2) is 44.3 Å². The van der Waals surface area contributed by atoms with Gasteiger partial charge in [0.15, 0.2) is 0 Å². The number of carbonyl (C=O) groups excluding carboxylic acids is 2. The summed E-state index contributed by atoms with van der Waals surface area (Å²) in [4.78, 5) is 26.8. The summed E-state index contributed by atoms with van der Waals surface area (Å²) in [6.07, 6.45) is 0. The van der Waals surface area contributed by atoms with E-state index in [9.17, 15) is 9.59 Å². The molecule has 0 fully saturated rings. The van der Waals surface area contributed by atoms with Gasteiger partial charge in [0.05, 0.1) is 31.9 Å². The number of methoxy groups -OCH3 is 2. The molecule has 1 atom stereocenters. The molecule has 0 saturated heterocycles. The molecule has 2 rings (SSSR count). The maximum atomic E-state index is 12.3. The van der Waals surface area contributed by atoms with Gasteiger partial charge in [0, 0.05) is 17.7 Å². The number of hydrogen-bond donors (Lipinski definition) is 1. The van der Waals surface area contributed by atoms with E-state index in [1.54, 1.807) is 14.0 Å². The fourth-order valence-corrected chi connectivity index (χ4v) is 3.06. The van der Waals surface area contributed by atoms with Gasteiger partial charge >= 0.3 is 12.0 Å². The minimum Gasteiger partial charge on any atom is -0.466 e. The van der Waals surface area contributed by atoms with Crippen LogP contribution in [0.2, 0.25) is 0 Å². The molecule has 0 spiro atoms. The maximum absolute atomic E-state index is 12.3. The molecule has 21 heavy (non-hydrogen) atoms. The average Bonchev–Trinajstić information content (AvgIpc) is 3.00. The molecule has 1 aliphatic heterocycles. The number of nitrogens with one attached hydrogen (secondary N) is 1. The molecule has 2 heterocycles. The van der Waals surface area contributed by atoms with Gasteiger partial charge in [-0.1, -0.05) is 6.07 Å². The second-order valence-corrected chi connectivity index (χ2v) is 5.51. The summed E-state index contributed by atoms with van der Waals surface area (Å²) in [5.41, 5.74) is 1.05. The lowest BCUT2D eigenvalue weighted by Crippen LogP contribution is -2.48. The van der Waals surface area contributed by atoms with E-state index in [0.29, 0.717) is 24.4 Å². The van der Waals surface area contributed by atoms with Gasteiger partial charge in [-0.3, -0.25) is 4.90 Å². The number of allylic oxidation sites excluding steroid dienone is 1. The van der Waals surface area contributed by atoms with Crippen molar-refractivity contribution >= 4 is 23.3 Å². The van der Waals surface area contributed by atoms with Crippen molar-refractivity contribution in [3.63, 3.8) is 0 Å². The molecule has 2 amide bonds. The summed E-state index contributed by atoms with van der Waals surface area (Å²) in [6.45, 7) is 2.52. The first kappa shape index (κ1) is 15.5. The molecule has 1 aliphatic rings. The van der Waals surface area contributed by atoms with Crippen molar-refractivity contribution in [1.82, 2.24) is 10.2 Å². The minimum atomic E-state index is -0.469. The lowest BCUT2D eigenvalue weighted by molar-refractivity contribution is -0.136. The van der Waals surface area contributed by atoms with E-state index >= 15 is 0 Å². The fraction of sp³-hybridized carbons (Fsp3) is 0.429. The molecule has 0 radical (unpaired) electrons. The number of carbonyl (C=O) groups is 2. The highest BCUT2D eigenvalue weighted by molar-refractivity contribution is 7.10. The Kier molecular flexibility index (Phi) is 4.98. The zero-order valence-corrected chi connectivity index (χ0v) is 13.0. The summed E-state index contributed by atoms with van der Waals surface area (Å²) in [6, 6.07) is 3.06. The van der Waals surface area contributed by atoms with E-state index in [0.717, 1.165) is 4.88 Å². The Labute approximate surface area is 127 Å². The predicted molar refractivity (Wildman–Crippen MR) is 78.9 cm³/mol. The van der Waals surface area contributed by atoms with Crippen LogP contribution in [0.4, 0.5) is 4.79 Å². The number of amides is 2. The Balaban J connectivity index is 2.42. The molecule has 1 aromatic heterocycles. The van der Waals surface area contributed by atoms with Crippen molar-refractivity contribution in [2.75, 3.05) is 27.4 Å². The second-order valence-electron chi connectivity index (χ2n) is 4.53. The van der Waals surface area contributed by atoms with E-state index in [1.807, 2.05) is 17.5 Å². The highest BCUT2D eigenvalue weighted by atomic mass is 32.1. The van der Waals surface area contributed by atoms with Crippen molar-refractivity contribution < 1.29 is 19.1 Å². The first-order valence-corrected chi connectivity index (χ1v) is 7.37. The van der Waals surface area contributed by atoms with E-state index < -0.39 is 12.0 Å². The van der Waals surface area contributed by atoms with Crippen LogP contribution in [0.3, 0.4) is 0 Å². The zero-order chi connectivity index (χ0) is 15.4. The third kappa shape index (κ3) is 3.08. The van der Waals surface area contributed by atoms with Gasteiger partial charge < -0.3 is 14.8 Å². The maximum Gasteiger partial charge on any atom is 0.338 e. The van der Waals surface area contributed by atoms with Gasteiger partial charge in [0.2, 0.25) is 0 Å². The van der Waals surface area contributed by atoms with Crippen molar-refractivity contribution in [3.05, 3.63) is 33.7 Å². The zero-order valence-electron chi connectivity index (χ0n) is 12.2. The third-order valence-corrected chi connectivity index (χ3v) is 4.29. The molecule has 0 aromatic carbocycles. The lowest BCUT2D eigenvalue weighted by Gasteiger charge is -2.34. The quantitative estimate of drug-likeness (QED) is 0.844. The van der Waals surface area contributed by atoms with Gasteiger partial charge in [-0.2, -0.15) is 0 Å². The van der Waals surface area contributed by atoms with Crippen LogP contribution in [0.1, 0.15) is 17.8 Å². The fourth-order valence-electron chi connectivity index (χ4n) is 2.28. The van der Waals surface area contributed by atoms with E-state index in [1.165, 1.54) is 23.3 Å². The number of rotatable bonds is 5. The largest absolute Gasteiger partial charge is 0.466 e. The molecule has 0 saturated carbocycles. The molecule has 0 aliphatic carbocycles. The van der Waals surface area contributed by atoms with Crippen LogP contribution >= 0.6 is 11.3 Å². The normalized spacial score (nSPS) is 18.7. The number of ether oxygens (including phenoxy) is 2. The first-order chi connectivity index (χ1) is 10.1. The number of hydrogen-bond acceptors (Lipinski definition) is 5. The Morgan fingerprint density at radius 2 is 2.24 bits per heavy atom. The van der Waals surface area contributed by atoms with Gasteiger partial charge in [-0.15, -0.1) is 11.3 Å². The highest BCUT2D eigenvalue weighted by Crippen LogP contribution is 2.33. The average molecular weight is 310 g/mol. The number of urea groups is 1. The molecule has 1 N–H and O–H groups in total. The minimum absolute atomic E-state index is 0.240. The lowest BCUT2D eigenvalue weighted by atomic mass is 10.0. The monoisotopic (exact) mass is 310 g/mol. The third-order valence-electron chi connectivity index (χ3n) is 3.35. The second kappa shape index (κ2) is 6.73. The smallest absolute Gasteiger partial charge is 0.338 e. The topological polar surface area (TPSA) is 67.9 Å². The predicted octanol–water partition coefficient (Wildman–Crippen LogP) is 1.91. The Hall–Kier alpha value is -1.86. The molecule has 7 heteroatoms. The summed E-state index contributed by atoms with van der Waals surface area (Å²) < 4.78 is 9.88. The van der Waals surface area contributed by atoms with Crippen LogP contribution < -0.4 is 5.32 Å². The van der Waals surface area contributed by atoms with Crippen LogP contribution in [0.25, 0.3) is 0 Å². The van der Waals surface area contributed by atoms with E-state index in [2.05, 4.69) is 5.32 Å². The number of nitrogens with zero attached hydrogens (tertiary/aromatic N) is 1. The van der Waals surface area contributed by atoms with Crippen molar-refractivity contribution in [2.45, 2.75) is 13.0 Å². The highest BCUT2D eigenvalue weighted by Gasteiger charge is 2.36. The van der Waals surface area contributed by atoms with Gasteiger partial charge in [0.1, 0.15) is 0 Å². The number of thiophene rings is 1. The Morgan fingerprint density at radius 3 is 2.81 bits per heavy atom. The van der Waals surface area contributed by atoms with Crippen LogP contribution in [-0.2, 0) is 14.3 Å². The van der Waals surface area contributed by atoms with Crippen molar-refractivity contribution in [1.29, 1.82) is 0 Å². The molecule has 6 nitrogen and oxygen atoms in total. The molecular formula is C14H18N2O4S. The molecule has 1 aromatic rings. The Morgan fingerprint density at radius 1 is 1.48 bits per heavy atom. The van der Waals surface area contributed by atoms with Crippen molar-refractivity contribution in [3.8, 4) is 0 Å². The van der Waals surface area contributed by atoms with Crippen LogP contribution in [0, 0.1) is 0 Å². The van der Waals surface area contributed by atoms with Crippen molar-refractivity contribution in [2.24, 2.45) is 0 Å². The van der Waals surface area contributed by atoms with Gasteiger partial charge in [-0.25, -0.2) is 9.59 Å². The summed E-state index contributed by atoms with van der Waals surface area (Å²) in [5.74, 6) is -0.437. The molecule has 0 unspecified atom stereocenters. The molecular weight excluding hydrogens is 292 g/mol. The van der Waals surface area contributed by atoms with Gasteiger partial charge in [-0.05, 0) is 18.4 Å². The van der Waals surface area contributed by atoms with Crippen LogP contribution in [0.15, 0.2) is 28.8 Å². The number of esters is 1. The molecule has 0 bridgehead atoms. The molecule has 114 valence electrons. The SMILES string of the molecule is COCCN1C(=O)N[C@@H](c2cccs2)C(C(=O)OC)=C1C. The van der Waals surface area contributed by atoms with Gasteiger partial charge in [0.25, 0.3) is 0 Å². The Bertz CT molecular complexity index is 553. The summed E-state index contributed by atoms with van der Waals surface area (Å²) in [7, 11) is 2.90. The standard InChI is InChI=1S/C14H18N2O4S/c1-9-11(13(17)20-3)12(10-5-4-8-21-10)15-14(18)16(9)6-7-19-2/h4-5,8,12H,6-7H2,1-3H3,(H,15,18)/t12-/m0/s1. The summed E-state index contributed by atoms with van der Waals surface area (Å²) in [5, 5.41) is 4.76. The first-order valence-electron chi connectivity index (χ1n) is 6.49. The van der Waals surface area contributed by atoms with E-state index in [4.69, 9.17) is 9.47 Å². The summed E-state index contributed by atoms with van der Waals surface area (Å²) >= 11 is 1.48. The van der Waals surface area contributed by atoms with Crippen LogP contribution in [0.5, 0.6) is 0 Å².